The van der Waals surface area contributed by atoms with Gasteiger partial charge in [-0.15, -0.1) is 0 Å². The molecule has 1 aliphatic rings. The van der Waals surface area contributed by atoms with Crippen molar-refractivity contribution in [3.8, 4) is 0 Å². The predicted molar refractivity (Wildman–Crippen MR) is 58.1 cm³/mol. The molecular formula is C10H6N2O2S. The topological polar surface area (TPSA) is 52.0 Å². The zero-order valence-corrected chi connectivity index (χ0v) is 8.45. The number of hydrogen-bond donors (Lipinski definition) is 0. The summed E-state index contributed by atoms with van der Waals surface area (Å²) in [4.78, 5) is 27.6. The largest absolute Gasteiger partial charge is 0.294 e. The van der Waals surface area contributed by atoms with E-state index < -0.39 is 0 Å². The minimum Gasteiger partial charge on any atom is -0.268 e. The SMILES string of the molecule is O=C1SCc2nc3ccccc3c(=O)n21. The molecule has 0 N–H and O–H groups in total. The molecule has 5 heteroatoms. The van der Waals surface area contributed by atoms with Crippen molar-refractivity contribution in [1.82, 2.24) is 9.55 Å². The summed E-state index contributed by atoms with van der Waals surface area (Å²) < 4.78 is 1.16. The number of benzene rings is 1. The molecule has 15 heavy (non-hydrogen) atoms. The summed E-state index contributed by atoms with van der Waals surface area (Å²) in [5.41, 5.74) is 0.398. The minimum absolute atomic E-state index is 0.228. The lowest BCUT2D eigenvalue weighted by molar-refractivity contribution is 0.261. The molecule has 0 unspecified atom stereocenters. The Morgan fingerprint density at radius 1 is 1.27 bits per heavy atom. The Kier molecular flexibility index (Phi) is 1.70. The number of aromatic nitrogens is 2. The van der Waals surface area contributed by atoms with Gasteiger partial charge in [-0.25, -0.2) is 9.55 Å². The standard InChI is InChI=1S/C10H6N2O2S/c13-9-6-3-1-2-4-7(6)11-8-5-15-10(14)12(8)9/h1-4H,5H2. The second-order valence-electron chi connectivity index (χ2n) is 3.24. The van der Waals surface area contributed by atoms with Crippen LogP contribution in [0.2, 0.25) is 0 Å². The quantitative estimate of drug-likeness (QED) is 0.674. The predicted octanol–water partition coefficient (Wildman–Crippen LogP) is 1.61. The first kappa shape index (κ1) is 8.67. The number of fused-ring (bicyclic) bond motifs is 2. The maximum absolute atomic E-state index is 11.9. The zero-order chi connectivity index (χ0) is 10.4. The highest BCUT2D eigenvalue weighted by atomic mass is 32.2. The molecule has 4 nitrogen and oxygen atoms in total. The summed E-state index contributed by atoms with van der Waals surface area (Å²) in [7, 11) is 0. The highest BCUT2D eigenvalue weighted by Crippen LogP contribution is 2.22. The molecular weight excluding hydrogens is 212 g/mol. The van der Waals surface area contributed by atoms with Gasteiger partial charge >= 0.3 is 0 Å². The second kappa shape index (κ2) is 2.93. The minimum atomic E-state index is -0.259. The van der Waals surface area contributed by atoms with Crippen LogP contribution in [0.1, 0.15) is 5.82 Å². The van der Waals surface area contributed by atoms with Crippen LogP contribution in [0.5, 0.6) is 0 Å². The number of carbonyl (C=O) groups is 1. The highest BCUT2D eigenvalue weighted by molar-refractivity contribution is 8.13. The van der Waals surface area contributed by atoms with Crippen LogP contribution in [-0.4, -0.2) is 14.8 Å². The molecule has 0 radical (unpaired) electrons. The maximum atomic E-state index is 11.9. The first-order valence-electron chi connectivity index (χ1n) is 4.45. The number of carbonyl (C=O) groups excluding carboxylic acids is 1. The number of thioether (sulfide) groups is 1. The van der Waals surface area contributed by atoms with Crippen LogP contribution in [-0.2, 0) is 5.75 Å². The number of hydrogen-bond acceptors (Lipinski definition) is 4. The van der Waals surface area contributed by atoms with Gasteiger partial charge in [-0.3, -0.25) is 9.59 Å². The van der Waals surface area contributed by atoms with E-state index >= 15 is 0 Å². The lowest BCUT2D eigenvalue weighted by atomic mass is 10.2. The van der Waals surface area contributed by atoms with Crippen molar-refractivity contribution >= 4 is 27.9 Å². The number of rotatable bonds is 0. The molecule has 0 amide bonds. The zero-order valence-electron chi connectivity index (χ0n) is 7.64. The summed E-state index contributed by atoms with van der Waals surface area (Å²) >= 11 is 1.11. The van der Waals surface area contributed by atoms with Crippen molar-refractivity contribution in [2.75, 3.05) is 0 Å². The van der Waals surface area contributed by atoms with Gasteiger partial charge in [-0.2, -0.15) is 0 Å². The normalized spacial score (nSPS) is 14.5. The lowest BCUT2D eigenvalue weighted by Crippen LogP contribution is -2.24. The van der Waals surface area contributed by atoms with Crippen LogP contribution in [0.4, 0.5) is 4.79 Å². The van der Waals surface area contributed by atoms with Crippen molar-refractivity contribution in [2.24, 2.45) is 0 Å². The average Bonchev–Trinajstić information content (AvgIpc) is 2.61. The molecule has 0 bridgehead atoms. The number of nitrogens with zero attached hydrogens (tertiary/aromatic N) is 2. The molecule has 74 valence electrons. The van der Waals surface area contributed by atoms with Gasteiger partial charge in [0.15, 0.2) is 0 Å². The monoisotopic (exact) mass is 218 g/mol. The summed E-state index contributed by atoms with van der Waals surface area (Å²) in [5, 5.41) is 0.269. The Bertz CT molecular complexity index is 633. The Hall–Kier alpha value is -1.62. The van der Waals surface area contributed by atoms with Crippen LogP contribution in [0.3, 0.4) is 0 Å². The molecule has 2 heterocycles. The van der Waals surface area contributed by atoms with E-state index in [0.29, 0.717) is 22.5 Å². The van der Waals surface area contributed by atoms with E-state index in [4.69, 9.17) is 0 Å². The summed E-state index contributed by atoms with van der Waals surface area (Å²) in [5.74, 6) is 1.03. The van der Waals surface area contributed by atoms with E-state index in [0.717, 1.165) is 16.3 Å². The van der Waals surface area contributed by atoms with Crippen molar-refractivity contribution in [3.05, 3.63) is 40.4 Å². The first-order chi connectivity index (χ1) is 7.27. The van der Waals surface area contributed by atoms with Crippen molar-refractivity contribution < 1.29 is 4.79 Å². The first-order valence-corrected chi connectivity index (χ1v) is 5.44. The molecule has 0 spiro atoms. The van der Waals surface area contributed by atoms with Gasteiger partial charge in [-0.1, -0.05) is 23.9 Å². The van der Waals surface area contributed by atoms with E-state index in [2.05, 4.69) is 4.98 Å². The Labute approximate surface area is 88.9 Å². The third-order valence-electron chi connectivity index (χ3n) is 2.35. The molecule has 0 fully saturated rings. The van der Waals surface area contributed by atoms with Crippen molar-refractivity contribution in [1.29, 1.82) is 0 Å². The van der Waals surface area contributed by atoms with Crippen LogP contribution in [0.25, 0.3) is 10.9 Å². The molecule has 0 aliphatic carbocycles. The summed E-state index contributed by atoms with van der Waals surface area (Å²) in [6.45, 7) is 0. The fraction of sp³-hybridized carbons (Fsp3) is 0.100. The van der Waals surface area contributed by atoms with Crippen molar-refractivity contribution in [3.63, 3.8) is 0 Å². The maximum Gasteiger partial charge on any atom is 0.294 e. The van der Waals surface area contributed by atoms with Gasteiger partial charge in [-0.05, 0) is 12.1 Å². The third-order valence-corrected chi connectivity index (χ3v) is 3.18. The lowest BCUT2D eigenvalue weighted by Gasteiger charge is -2.01. The van der Waals surface area contributed by atoms with Gasteiger partial charge in [0.1, 0.15) is 5.82 Å². The highest BCUT2D eigenvalue weighted by Gasteiger charge is 2.23. The number of para-hydroxylation sites is 1. The van der Waals surface area contributed by atoms with E-state index in [1.807, 2.05) is 6.07 Å². The Morgan fingerprint density at radius 3 is 2.93 bits per heavy atom. The van der Waals surface area contributed by atoms with Crippen LogP contribution in [0.15, 0.2) is 29.1 Å². The van der Waals surface area contributed by atoms with Crippen LogP contribution in [0, 0.1) is 0 Å². The fourth-order valence-electron chi connectivity index (χ4n) is 1.65. The molecule has 1 aromatic heterocycles. The van der Waals surface area contributed by atoms with Crippen molar-refractivity contribution in [2.45, 2.75) is 5.75 Å². The molecule has 0 atom stereocenters. The van der Waals surface area contributed by atoms with Gasteiger partial charge in [0.2, 0.25) is 0 Å². The molecule has 1 aromatic carbocycles. The molecule has 2 aromatic rings. The molecule has 0 saturated carbocycles. The summed E-state index contributed by atoms with van der Waals surface area (Å²) in [6, 6.07) is 7.07. The Morgan fingerprint density at radius 2 is 2.07 bits per heavy atom. The van der Waals surface area contributed by atoms with E-state index in [-0.39, 0.29) is 10.8 Å². The average molecular weight is 218 g/mol. The fourth-order valence-corrected chi connectivity index (χ4v) is 2.42. The smallest absolute Gasteiger partial charge is 0.268 e. The molecule has 0 saturated heterocycles. The third kappa shape index (κ3) is 1.13. The molecule has 1 aliphatic heterocycles. The van der Waals surface area contributed by atoms with E-state index in [9.17, 15) is 9.59 Å². The van der Waals surface area contributed by atoms with E-state index in [1.54, 1.807) is 18.2 Å². The van der Waals surface area contributed by atoms with Crippen LogP contribution < -0.4 is 5.56 Å². The second-order valence-corrected chi connectivity index (χ2v) is 4.17. The van der Waals surface area contributed by atoms with Gasteiger partial charge in [0, 0.05) is 0 Å². The molecule has 3 rings (SSSR count). The van der Waals surface area contributed by atoms with Gasteiger partial charge in [0.05, 0.1) is 16.7 Å². The van der Waals surface area contributed by atoms with Gasteiger partial charge in [0.25, 0.3) is 10.8 Å². The summed E-state index contributed by atoms with van der Waals surface area (Å²) in [6.07, 6.45) is 0. The van der Waals surface area contributed by atoms with Gasteiger partial charge < -0.3 is 0 Å². The van der Waals surface area contributed by atoms with E-state index in [1.165, 1.54) is 0 Å². The van der Waals surface area contributed by atoms with Crippen LogP contribution >= 0.6 is 11.8 Å². The Balaban J connectivity index is 2.52.